The Kier molecular flexibility index (Phi) is 4.29. The van der Waals surface area contributed by atoms with Gasteiger partial charge in [-0.05, 0) is 42.5 Å². The van der Waals surface area contributed by atoms with Crippen LogP contribution in [0.1, 0.15) is 12.8 Å². The SMILES string of the molecule is C=S(Nc1cccc(F)c1)C1CCSCC1. The molecule has 16 heavy (non-hydrogen) atoms. The molecule has 0 spiro atoms. The predicted molar refractivity (Wildman–Crippen MR) is 75.1 cm³/mol. The van der Waals surface area contributed by atoms with Gasteiger partial charge in [-0.15, -0.1) is 10.7 Å². The molecule has 88 valence electrons. The lowest BCUT2D eigenvalue weighted by atomic mass is 10.2. The number of halogens is 1. The standard InChI is InChI=1S/C12H16FNS2/c1-16(12-5-7-15-8-6-12)14-11-4-2-3-10(13)9-11/h2-4,9,12,14H,1,5-8H2. The van der Waals surface area contributed by atoms with E-state index in [1.54, 1.807) is 6.07 Å². The molecule has 1 fully saturated rings. The molecule has 0 saturated carbocycles. The van der Waals surface area contributed by atoms with Gasteiger partial charge in [-0.25, -0.2) is 4.39 Å². The van der Waals surface area contributed by atoms with Crippen molar-refractivity contribution < 1.29 is 4.39 Å². The predicted octanol–water partition coefficient (Wildman–Crippen LogP) is 3.75. The Bertz CT molecular complexity index is 375. The van der Waals surface area contributed by atoms with Crippen molar-refractivity contribution >= 4 is 34.0 Å². The van der Waals surface area contributed by atoms with Crippen LogP contribution in [0.3, 0.4) is 0 Å². The first-order valence-electron chi connectivity index (χ1n) is 5.38. The number of benzene rings is 1. The summed E-state index contributed by atoms with van der Waals surface area (Å²) in [7, 11) is -0.0957. The molecule has 1 heterocycles. The summed E-state index contributed by atoms with van der Waals surface area (Å²) in [5, 5.41) is 0.643. The van der Waals surface area contributed by atoms with Crippen molar-refractivity contribution in [3.63, 3.8) is 0 Å². The third-order valence-corrected chi connectivity index (χ3v) is 5.47. The van der Waals surface area contributed by atoms with E-state index in [0.717, 1.165) is 5.69 Å². The average Bonchev–Trinajstić information content (AvgIpc) is 2.30. The first-order chi connectivity index (χ1) is 7.75. The van der Waals surface area contributed by atoms with Crippen molar-refractivity contribution in [3.05, 3.63) is 30.1 Å². The molecule has 1 atom stereocenters. The van der Waals surface area contributed by atoms with Crippen molar-refractivity contribution in [3.8, 4) is 0 Å². The summed E-state index contributed by atoms with van der Waals surface area (Å²) in [5.74, 6) is 6.44. The van der Waals surface area contributed by atoms with Gasteiger partial charge in [0.2, 0.25) is 0 Å². The normalized spacial score (nSPS) is 19.3. The second-order valence-corrected chi connectivity index (χ2v) is 6.81. The summed E-state index contributed by atoms with van der Waals surface area (Å²) in [6.45, 7) is 0. The van der Waals surface area contributed by atoms with Crippen molar-refractivity contribution in [2.75, 3.05) is 16.2 Å². The molecule has 1 aliphatic rings. The highest BCUT2D eigenvalue weighted by Crippen LogP contribution is 2.32. The Hall–Kier alpha value is -0.480. The first kappa shape index (κ1) is 12.0. The zero-order valence-corrected chi connectivity index (χ0v) is 10.7. The van der Waals surface area contributed by atoms with Crippen LogP contribution in [-0.4, -0.2) is 22.6 Å². The molecule has 1 aromatic carbocycles. The van der Waals surface area contributed by atoms with Crippen molar-refractivity contribution in [2.24, 2.45) is 0 Å². The molecule has 4 heteroatoms. The van der Waals surface area contributed by atoms with Crippen LogP contribution in [0.15, 0.2) is 24.3 Å². The zero-order chi connectivity index (χ0) is 11.4. The second kappa shape index (κ2) is 5.73. The summed E-state index contributed by atoms with van der Waals surface area (Å²) in [6, 6.07) is 6.61. The summed E-state index contributed by atoms with van der Waals surface area (Å²) < 4.78 is 16.3. The molecule has 1 unspecified atom stereocenters. The van der Waals surface area contributed by atoms with E-state index >= 15 is 0 Å². The van der Waals surface area contributed by atoms with Gasteiger partial charge < -0.3 is 4.72 Å². The third-order valence-electron chi connectivity index (χ3n) is 2.64. The van der Waals surface area contributed by atoms with Gasteiger partial charge in [-0.2, -0.15) is 11.8 Å². The highest BCUT2D eigenvalue weighted by atomic mass is 32.2. The van der Waals surface area contributed by atoms with Crippen LogP contribution in [-0.2, 0) is 0 Å². The van der Waals surface area contributed by atoms with Gasteiger partial charge in [0.15, 0.2) is 0 Å². The largest absolute Gasteiger partial charge is 0.335 e. The molecule has 1 nitrogen and oxygen atoms in total. The van der Waals surface area contributed by atoms with Gasteiger partial charge in [-0.3, -0.25) is 0 Å². The molecule has 0 aliphatic carbocycles. The fourth-order valence-corrected chi connectivity index (χ4v) is 4.55. The first-order valence-corrected chi connectivity index (χ1v) is 7.99. The van der Waals surface area contributed by atoms with E-state index in [-0.39, 0.29) is 16.5 Å². The fourth-order valence-electron chi connectivity index (χ4n) is 1.75. The zero-order valence-electron chi connectivity index (χ0n) is 9.12. The molecule has 1 N–H and O–H groups in total. The van der Waals surface area contributed by atoms with Crippen molar-refractivity contribution in [2.45, 2.75) is 18.1 Å². The maximum Gasteiger partial charge on any atom is 0.125 e. The maximum absolute atomic E-state index is 13.0. The minimum absolute atomic E-state index is 0.0957. The monoisotopic (exact) mass is 257 g/mol. The summed E-state index contributed by atoms with van der Waals surface area (Å²) >= 11 is 2.01. The molecule has 0 aromatic heterocycles. The molecular formula is C12H16FNS2. The number of nitrogens with one attached hydrogen (secondary N) is 1. The van der Waals surface area contributed by atoms with E-state index in [4.69, 9.17) is 0 Å². The fraction of sp³-hybridized carbons (Fsp3) is 0.417. The van der Waals surface area contributed by atoms with Crippen LogP contribution in [0.5, 0.6) is 0 Å². The lowest BCUT2D eigenvalue weighted by Gasteiger charge is -2.25. The van der Waals surface area contributed by atoms with Gasteiger partial charge in [0.05, 0.1) is 0 Å². The van der Waals surface area contributed by atoms with Crippen LogP contribution in [0.2, 0.25) is 0 Å². The third kappa shape index (κ3) is 3.25. The molecule has 1 aromatic rings. The molecule has 0 radical (unpaired) electrons. The van der Waals surface area contributed by atoms with Crippen LogP contribution >= 0.6 is 22.4 Å². The van der Waals surface area contributed by atoms with Crippen LogP contribution in [0, 0.1) is 5.82 Å². The topological polar surface area (TPSA) is 12.0 Å². The molecule has 0 amide bonds. The van der Waals surface area contributed by atoms with Crippen molar-refractivity contribution in [1.82, 2.24) is 0 Å². The summed E-state index contributed by atoms with van der Waals surface area (Å²) in [4.78, 5) is 0. The molecular weight excluding hydrogens is 241 g/mol. The number of anilines is 1. The van der Waals surface area contributed by atoms with Crippen LogP contribution < -0.4 is 4.72 Å². The average molecular weight is 257 g/mol. The van der Waals surface area contributed by atoms with Crippen molar-refractivity contribution in [1.29, 1.82) is 0 Å². The van der Waals surface area contributed by atoms with Gasteiger partial charge in [0, 0.05) is 10.9 Å². The van der Waals surface area contributed by atoms with Crippen LogP contribution in [0.4, 0.5) is 10.1 Å². The maximum atomic E-state index is 13.0. The highest BCUT2D eigenvalue weighted by Gasteiger charge is 2.15. The molecule has 1 saturated heterocycles. The lowest BCUT2D eigenvalue weighted by molar-refractivity contribution is 0.628. The number of rotatable bonds is 3. The Balaban J connectivity index is 1.96. The number of hydrogen-bond acceptors (Lipinski definition) is 2. The van der Waals surface area contributed by atoms with E-state index in [9.17, 15) is 4.39 Å². The van der Waals surface area contributed by atoms with Gasteiger partial charge >= 0.3 is 0 Å². The molecule has 1 aliphatic heterocycles. The quantitative estimate of drug-likeness (QED) is 0.828. The lowest BCUT2D eigenvalue weighted by Crippen LogP contribution is -2.15. The molecule has 0 bridgehead atoms. The Morgan fingerprint density at radius 1 is 1.38 bits per heavy atom. The van der Waals surface area contributed by atoms with Crippen LogP contribution in [0.25, 0.3) is 0 Å². The van der Waals surface area contributed by atoms with E-state index in [2.05, 4.69) is 10.6 Å². The summed E-state index contributed by atoms with van der Waals surface area (Å²) in [5.41, 5.74) is 0.844. The van der Waals surface area contributed by atoms with E-state index < -0.39 is 0 Å². The minimum atomic E-state index is -0.193. The Labute approximate surface area is 103 Å². The van der Waals surface area contributed by atoms with Gasteiger partial charge in [-0.1, -0.05) is 11.9 Å². The smallest absolute Gasteiger partial charge is 0.125 e. The highest BCUT2D eigenvalue weighted by molar-refractivity contribution is 8.15. The Morgan fingerprint density at radius 3 is 2.81 bits per heavy atom. The summed E-state index contributed by atoms with van der Waals surface area (Å²) in [6.07, 6.45) is 2.44. The van der Waals surface area contributed by atoms with E-state index in [1.165, 1.54) is 36.5 Å². The molecule has 2 rings (SSSR count). The second-order valence-electron chi connectivity index (χ2n) is 3.85. The van der Waals surface area contributed by atoms with E-state index in [0.29, 0.717) is 5.25 Å². The Morgan fingerprint density at radius 2 is 2.12 bits per heavy atom. The number of thioether (sulfide) groups is 1. The van der Waals surface area contributed by atoms with Gasteiger partial charge in [0.1, 0.15) is 5.82 Å². The minimum Gasteiger partial charge on any atom is -0.335 e. The number of hydrogen-bond donors (Lipinski definition) is 1. The van der Waals surface area contributed by atoms with Gasteiger partial charge in [0.25, 0.3) is 0 Å². The van der Waals surface area contributed by atoms with E-state index in [1.807, 2.05) is 17.8 Å².